The molecule has 1 amide bonds. The molecule has 5 heteroatoms. The van der Waals surface area contributed by atoms with Crippen LogP contribution in [0.2, 0.25) is 0 Å². The molecule has 1 aromatic heterocycles. The van der Waals surface area contributed by atoms with Gasteiger partial charge in [0.1, 0.15) is 0 Å². The van der Waals surface area contributed by atoms with E-state index < -0.39 is 0 Å². The number of nitrogens with zero attached hydrogens (tertiary/aromatic N) is 2. The van der Waals surface area contributed by atoms with Gasteiger partial charge in [-0.1, -0.05) is 25.7 Å². The van der Waals surface area contributed by atoms with E-state index in [-0.39, 0.29) is 5.91 Å². The first-order chi connectivity index (χ1) is 7.36. The highest BCUT2D eigenvalue weighted by Crippen LogP contribution is 2.17. The topological polar surface area (TPSA) is 70.7 Å². The second kappa shape index (κ2) is 4.91. The summed E-state index contributed by atoms with van der Waals surface area (Å²) in [6, 6.07) is 0.316. The minimum absolute atomic E-state index is 0.115. The van der Waals surface area contributed by atoms with Crippen LogP contribution in [0.5, 0.6) is 0 Å². The Bertz CT molecular complexity index is 301. The van der Waals surface area contributed by atoms with Gasteiger partial charge in [-0.25, -0.2) is 0 Å². The van der Waals surface area contributed by atoms with E-state index in [1.54, 1.807) is 0 Å². The van der Waals surface area contributed by atoms with Gasteiger partial charge in [-0.05, 0) is 12.8 Å². The van der Waals surface area contributed by atoms with E-state index in [0.717, 1.165) is 12.8 Å². The first kappa shape index (κ1) is 10.1. The van der Waals surface area contributed by atoms with Crippen LogP contribution >= 0.6 is 0 Å². The zero-order valence-electron chi connectivity index (χ0n) is 8.70. The average molecular weight is 208 g/mol. The first-order valence-electron chi connectivity index (χ1n) is 5.53. The largest absolute Gasteiger partial charge is 0.348 e. The smallest absolute Gasteiger partial charge is 0.273 e. The van der Waals surface area contributed by atoms with Crippen LogP contribution in [-0.4, -0.2) is 27.4 Å². The number of amides is 1. The predicted molar refractivity (Wildman–Crippen MR) is 55.3 cm³/mol. The van der Waals surface area contributed by atoms with E-state index in [1.165, 1.54) is 31.9 Å². The van der Waals surface area contributed by atoms with Gasteiger partial charge in [-0.3, -0.25) is 4.79 Å². The van der Waals surface area contributed by atoms with Gasteiger partial charge in [0.25, 0.3) is 5.91 Å². The summed E-state index contributed by atoms with van der Waals surface area (Å²) < 4.78 is 0. The summed E-state index contributed by atoms with van der Waals surface area (Å²) in [5, 5.41) is 12.8. The molecule has 0 saturated heterocycles. The molecule has 0 unspecified atom stereocenters. The molecular formula is C10H16N4O. The third-order valence-corrected chi connectivity index (χ3v) is 2.84. The van der Waals surface area contributed by atoms with Gasteiger partial charge < -0.3 is 5.32 Å². The maximum atomic E-state index is 11.7. The summed E-state index contributed by atoms with van der Waals surface area (Å²) in [6.07, 6.45) is 8.62. The van der Waals surface area contributed by atoms with Crippen molar-refractivity contribution >= 4 is 5.91 Å². The molecule has 1 heterocycles. The molecule has 0 aliphatic heterocycles. The number of carbonyl (C=O) groups excluding carboxylic acids is 1. The van der Waals surface area contributed by atoms with Crippen LogP contribution in [0.25, 0.3) is 0 Å². The van der Waals surface area contributed by atoms with E-state index in [9.17, 15) is 4.79 Å². The maximum absolute atomic E-state index is 11.7. The standard InChI is InChI=1S/C10H16N4O/c15-10(9-7-11-14-13-9)12-8-5-3-1-2-4-6-8/h7-8H,1-6H2,(H,12,15)(H,11,13,14). The molecule has 1 aromatic rings. The van der Waals surface area contributed by atoms with Crippen LogP contribution in [-0.2, 0) is 0 Å². The molecule has 0 spiro atoms. The molecule has 1 aliphatic carbocycles. The summed E-state index contributed by atoms with van der Waals surface area (Å²) in [5.41, 5.74) is 0.374. The molecule has 0 aromatic carbocycles. The maximum Gasteiger partial charge on any atom is 0.273 e. The van der Waals surface area contributed by atoms with Crippen LogP contribution < -0.4 is 5.32 Å². The Labute approximate surface area is 88.6 Å². The summed E-state index contributed by atoms with van der Waals surface area (Å²) in [7, 11) is 0. The molecule has 5 nitrogen and oxygen atoms in total. The SMILES string of the molecule is O=C(NC1CCCCCC1)c1cn[nH]n1. The van der Waals surface area contributed by atoms with Gasteiger partial charge in [0, 0.05) is 6.04 Å². The Morgan fingerprint density at radius 1 is 1.33 bits per heavy atom. The molecular weight excluding hydrogens is 192 g/mol. The molecule has 2 N–H and O–H groups in total. The van der Waals surface area contributed by atoms with Crippen LogP contribution in [0.1, 0.15) is 49.0 Å². The number of rotatable bonds is 2. The third-order valence-electron chi connectivity index (χ3n) is 2.84. The fraction of sp³-hybridized carbons (Fsp3) is 0.700. The minimum Gasteiger partial charge on any atom is -0.348 e. The molecule has 1 aliphatic rings. The zero-order valence-corrected chi connectivity index (χ0v) is 8.70. The highest BCUT2D eigenvalue weighted by Gasteiger charge is 2.16. The van der Waals surface area contributed by atoms with Crippen molar-refractivity contribution in [1.29, 1.82) is 0 Å². The van der Waals surface area contributed by atoms with Crippen molar-refractivity contribution in [2.45, 2.75) is 44.6 Å². The number of aromatic nitrogens is 3. The summed E-state index contributed by atoms with van der Waals surface area (Å²) in [5.74, 6) is -0.115. The molecule has 0 radical (unpaired) electrons. The average Bonchev–Trinajstić information content (AvgIpc) is 2.65. The van der Waals surface area contributed by atoms with Crippen LogP contribution in [0.3, 0.4) is 0 Å². The van der Waals surface area contributed by atoms with E-state index in [1.807, 2.05) is 0 Å². The van der Waals surface area contributed by atoms with Crippen LogP contribution in [0, 0.1) is 0 Å². The zero-order chi connectivity index (χ0) is 10.5. The summed E-state index contributed by atoms with van der Waals surface area (Å²) in [6.45, 7) is 0. The van der Waals surface area contributed by atoms with Crippen molar-refractivity contribution in [1.82, 2.24) is 20.7 Å². The minimum atomic E-state index is -0.115. The van der Waals surface area contributed by atoms with E-state index in [2.05, 4.69) is 20.7 Å². The molecule has 15 heavy (non-hydrogen) atoms. The fourth-order valence-corrected chi connectivity index (χ4v) is 1.99. The summed E-state index contributed by atoms with van der Waals surface area (Å²) >= 11 is 0. The lowest BCUT2D eigenvalue weighted by Gasteiger charge is -2.14. The van der Waals surface area contributed by atoms with Gasteiger partial charge in [-0.2, -0.15) is 15.4 Å². The quantitative estimate of drug-likeness (QED) is 0.719. The molecule has 1 fully saturated rings. The molecule has 0 atom stereocenters. The molecule has 82 valence electrons. The van der Waals surface area contributed by atoms with Crippen molar-refractivity contribution in [3.8, 4) is 0 Å². The number of H-pyrrole nitrogens is 1. The molecule has 0 bridgehead atoms. The van der Waals surface area contributed by atoms with Gasteiger partial charge in [0.2, 0.25) is 0 Å². The van der Waals surface area contributed by atoms with Gasteiger partial charge in [0.05, 0.1) is 6.20 Å². The number of aromatic amines is 1. The number of hydrogen-bond acceptors (Lipinski definition) is 3. The van der Waals surface area contributed by atoms with E-state index in [0.29, 0.717) is 11.7 Å². The van der Waals surface area contributed by atoms with Crippen molar-refractivity contribution < 1.29 is 4.79 Å². The normalized spacial score (nSPS) is 18.4. The highest BCUT2D eigenvalue weighted by atomic mass is 16.2. The lowest BCUT2D eigenvalue weighted by Crippen LogP contribution is -2.34. The molecule has 2 rings (SSSR count). The lowest BCUT2D eigenvalue weighted by atomic mass is 10.1. The van der Waals surface area contributed by atoms with Crippen LogP contribution in [0.4, 0.5) is 0 Å². The predicted octanol–water partition coefficient (Wildman–Crippen LogP) is 1.26. The lowest BCUT2D eigenvalue weighted by molar-refractivity contribution is 0.0928. The second-order valence-electron chi connectivity index (χ2n) is 4.02. The van der Waals surface area contributed by atoms with E-state index in [4.69, 9.17) is 0 Å². The van der Waals surface area contributed by atoms with Crippen molar-refractivity contribution in [3.05, 3.63) is 11.9 Å². The monoisotopic (exact) mass is 208 g/mol. The number of hydrogen-bond donors (Lipinski definition) is 2. The van der Waals surface area contributed by atoms with E-state index >= 15 is 0 Å². The number of carbonyl (C=O) groups is 1. The Kier molecular flexibility index (Phi) is 3.32. The van der Waals surface area contributed by atoms with Gasteiger partial charge in [-0.15, -0.1) is 0 Å². The second-order valence-corrected chi connectivity index (χ2v) is 4.02. The van der Waals surface area contributed by atoms with Crippen LogP contribution in [0.15, 0.2) is 6.20 Å². The van der Waals surface area contributed by atoms with Crippen molar-refractivity contribution in [2.75, 3.05) is 0 Å². The Morgan fingerprint density at radius 3 is 2.67 bits per heavy atom. The highest BCUT2D eigenvalue weighted by molar-refractivity contribution is 5.91. The fourth-order valence-electron chi connectivity index (χ4n) is 1.99. The Hall–Kier alpha value is -1.39. The van der Waals surface area contributed by atoms with Gasteiger partial charge in [0.15, 0.2) is 5.69 Å². The Morgan fingerprint density at radius 2 is 2.07 bits per heavy atom. The van der Waals surface area contributed by atoms with Gasteiger partial charge >= 0.3 is 0 Å². The number of nitrogens with one attached hydrogen (secondary N) is 2. The van der Waals surface area contributed by atoms with Crippen molar-refractivity contribution in [2.24, 2.45) is 0 Å². The summed E-state index contributed by atoms with van der Waals surface area (Å²) in [4.78, 5) is 11.7. The Balaban J connectivity index is 1.87. The van der Waals surface area contributed by atoms with Crippen molar-refractivity contribution in [3.63, 3.8) is 0 Å². The third kappa shape index (κ3) is 2.78. The molecule has 1 saturated carbocycles. The first-order valence-corrected chi connectivity index (χ1v) is 5.53.